The Labute approximate surface area is 202 Å². The van der Waals surface area contributed by atoms with Crippen molar-refractivity contribution >= 4 is 5.97 Å². The van der Waals surface area contributed by atoms with Crippen LogP contribution in [-0.4, -0.2) is 29.2 Å². The molecule has 0 radical (unpaired) electrons. The molecule has 2 heterocycles. The molecule has 180 valence electrons. The highest BCUT2D eigenvalue weighted by molar-refractivity contribution is 5.72. The van der Waals surface area contributed by atoms with Crippen LogP contribution in [0.4, 0.5) is 0 Å². The summed E-state index contributed by atoms with van der Waals surface area (Å²) in [6, 6.07) is 11.5. The first-order chi connectivity index (χ1) is 16.2. The molecule has 6 heteroatoms. The van der Waals surface area contributed by atoms with Crippen LogP contribution in [0, 0.1) is 26.7 Å². The Kier molecular flexibility index (Phi) is 8.40. The molecule has 2 atom stereocenters. The molecular weight excluding hydrogens is 426 g/mol. The lowest BCUT2D eigenvalue weighted by molar-refractivity contribution is -0.141. The van der Waals surface area contributed by atoms with Gasteiger partial charge in [-0.2, -0.15) is 0 Å². The summed E-state index contributed by atoms with van der Waals surface area (Å²) in [5, 5.41) is 3.53. The zero-order valence-corrected chi connectivity index (χ0v) is 21.0. The molecule has 1 N–H and O–H groups in total. The van der Waals surface area contributed by atoms with Gasteiger partial charge in [-0.05, 0) is 66.6 Å². The Morgan fingerprint density at radius 2 is 1.79 bits per heavy atom. The summed E-state index contributed by atoms with van der Waals surface area (Å²) in [4.78, 5) is 29.4. The van der Waals surface area contributed by atoms with Gasteiger partial charge >= 0.3 is 5.97 Å². The summed E-state index contributed by atoms with van der Waals surface area (Å²) >= 11 is 0. The van der Waals surface area contributed by atoms with Gasteiger partial charge in [-0.1, -0.05) is 32.0 Å². The standard InChI is InChI=1S/C28H35N3O3/c1-18(2)25(31-11-10-19(3)12-26(31)32)17-30-24(14-27(33)34-6)22-13-23(16-29-15-22)28-20(4)8-7-9-21(28)5/h7-13,15-16,18,24-25,30H,14,17H2,1-6H3/t24-,25+/m0/s1. The highest BCUT2D eigenvalue weighted by Gasteiger charge is 2.22. The van der Waals surface area contributed by atoms with Crippen LogP contribution in [0.2, 0.25) is 0 Å². The van der Waals surface area contributed by atoms with Crippen molar-refractivity contribution in [3.05, 3.63) is 87.6 Å². The number of pyridine rings is 2. The van der Waals surface area contributed by atoms with E-state index in [1.165, 1.54) is 18.2 Å². The van der Waals surface area contributed by atoms with Gasteiger partial charge in [-0.15, -0.1) is 0 Å². The number of aryl methyl sites for hydroxylation is 3. The van der Waals surface area contributed by atoms with E-state index >= 15 is 0 Å². The number of carbonyl (C=O) groups excluding carboxylic acids is 1. The van der Waals surface area contributed by atoms with E-state index in [0.29, 0.717) is 6.54 Å². The Balaban J connectivity index is 1.93. The molecule has 0 unspecified atom stereocenters. The van der Waals surface area contributed by atoms with Crippen LogP contribution in [0.25, 0.3) is 11.1 Å². The molecule has 6 nitrogen and oxygen atoms in total. The van der Waals surface area contributed by atoms with Gasteiger partial charge in [0.05, 0.1) is 19.6 Å². The van der Waals surface area contributed by atoms with E-state index in [1.54, 1.807) is 16.8 Å². The van der Waals surface area contributed by atoms with Gasteiger partial charge in [0.15, 0.2) is 0 Å². The lowest BCUT2D eigenvalue weighted by atomic mass is 9.94. The fraction of sp³-hybridized carbons (Fsp3) is 0.393. The maximum atomic E-state index is 12.6. The quantitative estimate of drug-likeness (QED) is 0.458. The minimum Gasteiger partial charge on any atom is -0.469 e. The number of esters is 1. The highest BCUT2D eigenvalue weighted by atomic mass is 16.5. The lowest BCUT2D eigenvalue weighted by Crippen LogP contribution is -2.36. The molecule has 0 aliphatic heterocycles. The summed E-state index contributed by atoms with van der Waals surface area (Å²) < 4.78 is 6.74. The zero-order valence-electron chi connectivity index (χ0n) is 21.0. The first-order valence-electron chi connectivity index (χ1n) is 11.7. The smallest absolute Gasteiger partial charge is 0.307 e. The van der Waals surface area contributed by atoms with Crippen molar-refractivity contribution in [2.45, 2.75) is 53.1 Å². The predicted molar refractivity (Wildman–Crippen MR) is 136 cm³/mol. The molecule has 0 spiro atoms. The fourth-order valence-electron chi connectivity index (χ4n) is 4.39. The third-order valence-electron chi connectivity index (χ3n) is 6.33. The molecule has 0 aliphatic carbocycles. The van der Waals surface area contributed by atoms with Crippen LogP contribution < -0.4 is 10.9 Å². The molecule has 1 aromatic carbocycles. The maximum absolute atomic E-state index is 12.6. The van der Waals surface area contributed by atoms with Crippen molar-refractivity contribution in [2.24, 2.45) is 5.92 Å². The molecule has 34 heavy (non-hydrogen) atoms. The van der Waals surface area contributed by atoms with Crippen molar-refractivity contribution in [3.8, 4) is 11.1 Å². The first kappa shape index (κ1) is 25.4. The van der Waals surface area contributed by atoms with Gasteiger partial charge in [0.2, 0.25) is 0 Å². The van der Waals surface area contributed by atoms with Gasteiger partial charge in [0, 0.05) is 42.8 Å². The second-order valence-electron chi connectivity index (χ2n) is 9.28. The Morgan fingerprint density at radius 3 is 2.41 bits per heavy atom. The van der Waals surface area contributed by atoms with Crippen LogP contribution in [-0.2, 0) is 9.53 Å². The number of ether oxygens (including phenoxy) is 1. The maximum Gasteiger partial charge on any atom is 0.307 e. The van der Waals surface area contributed by atoms with Gasteiger partial charge in [0.25, 0.3) is 5.56 Å². The molecule has 3 rings (SSSR count). The zero-order chi connectivity index (χ0) is 24.8. The molecule has 0 amide bonds. The molecule has 0 saturated carbocycles. The number of hydrogen-bond donors (Lipinski definition) is 1. The third kappa shape index (κ3) is 6.00. The minimum absolute atomic E-state index is 0.0243. The number of carbonyl (C=O) groups is 1. The van der Waals surface area contributed by atoms with Crippen LogP contribution in [0.3, 0.4) is 0 Å². The average Bonchev–Trinajstić information content (AvgIpc) is 2.79. The summed E-state index contributed by atoms with van der Waals surface area (Å²) in [5.74, 6) is -0.0886. The van der Waals surface area contributed by atoms with Crippen molar-refractivity contribution in [3.63, 3.8) is 0 Å². The number of hydrogen-bond acceptors (Lipinski definition) is 5. The Morgan fingerprint density at radius 1 is 1.09 bits per heavy atom. The van der Waals surface area contributed by atoms with Crippen molar-refractivity contribution < 1.29 is 9.53 Å². The SMILES string of the molecule is COC(=O)C[C@H](NC[C@H](C(C)C)n1ccc(C)cc1=O)c1cncc(-c2c(C)cccc2C)c1. The van der Waals surface area contributed by atoms with Gasteiger partial charge in [-0.3, -0.25) is 14.6 Å². The number of nitrogens with one attached hydrogen (secondary N) is 1. The molecule has 3 aromatic rings. The fourth-order valence-corrected chi connectivity index (χ4v) is 4.39. The summed E-state index contributed by atoms with van der Waals surface area (Å²) in [7, 11) is 1.40. The summed E-state index contributed by atoms with van der Waals surface area (Å²) in [6.45, 7) is 10.8. The van der Waals surface area contributed by atoms with E-state index in [-0.39, 0.29) is 36.0 Å². The van der Waals surface area contributed by atoms with E-state index in [9.17, 15) is 9.59 Å². The average molecular weight is 462 g/mol. The minimum atomic E-state index is -0.302. The molecule has 0 saturated heterocycles. The lowest BCUT2D eigenvalue weighted by Gasteiger charge is -2.27. The van der Waals surface area contributed by atoms with E-state index < -0.39 is 0 Å². The van der Waals surface area contributed by atoms with E-state index in [1.807, 2.05) is 31.5 Å². The van der Waals surface area contributed by atoms with Crippen molar-refractivity contribution in [2.75, 3.05) is 13.7 Å². The van der Waals surface area contributed by atoms with Gasteiger partial charge in [-0.25, -0.2) is 0 Å². The molecule has 0 aliphatic rings. The number of methoxy groups -OCH3 is 1. The summed E-state index contributed by atoms with van der Waals surface area (Å²) in [5.41, 5.74) is 6.34. The van der Waals surface area contributed by atoms with Crippen molar-refractivity contribution in [1.29, 1.82) is 0 Å². The molecule has 0 fully saturated rings. The molecular formula is C28H35N3O3. The van der Waals surface area contributed by atoms with Crippen LogP contribution >= 0.6 is 0 Å². The number of nitrogens with zero attached hydrogens (tertiary/aromatic N) is 2. The topological polar surface area (TPSA) is 73.2 Å². The largest absolute Gasteiger partial charge is 0.469 e. The highest BCUT2D eigenvalue weighted by Crippen LogP contribution is 2.29. The van der Waals surface area contributed by atoms with E-state index in [4.69, 9.17) is 4.74 Å². The van der Waals surface area contributed by atoms with E-state index in [2.05, 4.69) is 56.2 Å². The monoisotopic (exact) mass is 461 g/mol. The summed E-state index contributed by atoms with van der Waals surface area (Å²) in [6.07, 6.45) is 5.67. The predicted octanol–water partition coefficient (Wildman–Crippen LogP) is 4.93. The van der Waals surface area contributed by atoms with Crippen LogP contribution in [0.15, 0.2) is 59.8 Å². The van der Waals surface area contributed by atoms with Crippen LogP contribution in [0.1, 0.15) is 54.6 Å². The number of benzene rings is 1. The second-order valence-corrected chi connectivity index (χ2v) is 9.28. The Hall–Kier alpha value is -3.25. The van der Waals surface area contributed by atoms with Gasteiger partial charge < -0.3 is 14.6 Å². The number of aromatic nitrogens is 2. The van der Waals surface area contributed by atoms with Gasteiger partial charge in [0.1, 0.15) is 0 Å². The van der Waals surface area contributed by atoms with E-state index in [0.717, 1.165) is 22.3 Å². The first-order valence-corrected chi connectivity index (χ1v) is 11.7. The normalized spacial score (nSPS) is 13.0. The van der Waals surface area contributed by atoms with Crippen LogP contribution in [0.5, 0.6) is 0 Å². The molecule has 2 aromatic heterocycles. The van der Waals surface area contributed by atoms with Crippen molar-refractivity contribution in [1.82, 2.24) is 14.9 Å². The molecule has 0 bridgehead atoms. The second kappa shape index (κ2) is 11.3. The third-order valence-corrected chi connectivity index (χ3v) is 6.33. The Bertz CT molecular complexity index is 1180. The number of rotatable bonds is 9.